The van der Waals surface area contributed by atoms with Crippen molar-refractivity contribution in [1.82, 2.24) is 0 Å². The molecule has 0 radical (unpaired) electrons. The van der Waals surface area contributed by atoms with Crippen molar-refractivity contribution in [2.75, 3.05) is 0 Å². The summed E-state index contributed by atoms with van der Waals surface area (Å²) in [6, 6.07) is 0. The topological polar surface area (TPSA) is 0 Å². The molecule has 0 saturated carbocycles. The minimum atomic E-state index is -6.05. The zero-order valence-corrected chi connectivity index (χ0v) is 7.11. The molecule has 9 heteroatoms. The lowest BCUT2D eigenvalue weighted by Gasteiger charge is -2.31. The van der Waals surface area contributed by atoms with Crippen LogP contribution in [0.15, 0.2) is 0 Å². The second kappa shape index (κ2) is 3.44. The highest BCUT2D eigenvalue weighted by Gasteiger charge is 2.71. The van der Waals surface area contributed by atoms with Crippen molar-refractivity contribution in [3.05, 3.63) is 0 Å². The molecule has 0 aromatic heterocycles. The van der Waals surface area contributed by atoms with Gasteiger partial charge in [-0.3, -0.25) is 0 Å². The maximum Gasteiger partial charge on any atom is 0.395 e. The van der Waals surface area contributed by atoms with Gasteiger partial charge in [-0.1, -0.05) is 0 Å². The number of halogens is 9. The van der Waals surface area contributed by atoms with E-state index in [1.165, 1.54) is 0 Å². The van der Waals surface area contributed by atoms with Crippen molar-refractivity contribution in [3.63, 3.8) is 0 Å². The van der Waals surface area contributed by atoms with E-state index in [0.29, 0.717) is 0 Å². The summed E-state index contributed by atoms with van der Waals surface area (Å²) in [6.45, 7) is -0.572. The molecular weight excluding hydrogens is 243 g/mol. The third-order valence-electron chi connectivity index (χ3n) is 1.43. The van der Waals surface area contributed by atoms with Gasteiger partial charge in [0.25, 0.3) is 0 Å². The summed E-state index contributed by atoms with van der Waals surface area (Å²) in [7, 11) is 0. The lowest BCUT2D eigenvalue weighted by atomic mass is 10.0. The standard InChI is InChI=1S/C6H5F9/c1-3(7,8)6(14,15)4(9,10)2-5(11,12)13/h2H2,1H3. The molecule has 0 nitrogen and oxygen atoms in total. The molecule has 0 aromatic rings. The molecule has 15 heavy (non-hydrogen) atoms. The summed E-state index contributed by atoms with van der Waals surface area (Å²) in [5, 5.41) is 0. The first-order valence-corrected chi connectivity index (χ1v) is 3.41. The van der Waals surface area contributed by atoms with Gasteiger partial charge in [0.05, 0.1) is 0 Å². The molecular formula is C6H5F9. The van der Waals surface area contributed by atoms with E-state index in [4.69, 9.17) is 0 Å². The van der Waals surface area contributed by atoms with Gasteiger partial charge in [-0.25, -0.2) is 0 Å². The van der Waals surface area contributed by atoms with Crippen molar-refractivity contribution in [3.8, 4) is 0 Å². The zero-order valence-electron chi connectivity index (χ0n) is 7.11. The van der Waals surface area contributed by atoms with Crippen LogP contribution in [0.5, 0.6) is 0 Å². The van der Waals surface area contributed by atoms with E-state index in [2.05, 4.69) is 0 Å². The summed E-state index contributed by atoms with van der Waals surface area (Å²) in [4.78, 5) is 0. The van der Waals surface area contributed by atoms with E-state index in [1.807, 2.05) is 0 Å². The zero-order chi connectivity index (χ0) is 12.7. The van der Waals surface area contributed by atoms with E-state index in [0.717, 1.165) is 0 Å². The van der Waals surface area contributed by atoms with Crippen molar-refractivity contribution >= 4 is 0 Å². The van der Waals surface area contributed by atoms with Gasteiger partial charge in [0.2, 0.25) is 0 Å². The lowest BCUT2D eigenvalue weighted by molar-refractivity contribution is -0.326. The average Bonchev–Trinajstić information content (AvgIpc) is 1.77. The Morgan fingerprint density at radius 2 is 1.07 bits per heavy atom. The summed E-state index contributed by atoms with van der Waals surface area (Å²) >= 11 is 0. The second-order valence-corrected chi connectivity index (χ2v) is 2.96. The Balaban J connectivity index is 5.03. The van der Waals surface area contributed by atoms with Gasteiger partial charge in [0.1, 0.15) is 6.42 Å². The third-order valence-corrected chi connectivity index (χ3v) is 1.43. The average molecular weight is 248 g/mol. The molecule has 0 atom stereocenters. The Kier molecular flexibility index (Phi) is 3.30. The minimum absolute atomic E-state index is 0.572. The molecule has 0 unspecified atom stereocenters. The highest BCUT2D eigenvalue weighted by Crippen LogP contribution is 2.49. The molecule has 0 saturated heterocycles. The molecule has 0 fully saturated rings. The van der Waals surface area contributed by atoms with Crippen LogP contribution in [0.25, 0.3) is 0 Å². The number of rotatable bonds is 3. The van der Waals surface area contributed by atoms with Gasteiger partial charge >= 0.3 is 23.9 Å². The molecule has 0 aliphatic rings. The van der Waals surface area contributed by atoms with E-state index < -0.39 is 37.3 Å². The van der Waals surface area contributed by atoms with Crippen molar-refractivity contribution in [2.45, 2.75) is 37.3 Å². The Labute approximate surface area is 78.1 Å². The fraction of sp³-hybridized carbons (Fsp3) is 1.00. The molecule has 0 rings (SSSR count). The predicted octanol–water partition coefficient (Wildman–Crippen LogP) is 3.86. The van der Waals surface area contributed by atoms with Crippen molar-refractivity contribution in [1.29, 1.82) is 0 Å². The largest absolute Gasteiger partial charge is 0.395 e. The van der Waals surface area contributed by atoms with E-state index in [9.17, 15) is 39.5 Å². The molecule has 92 valence electrons. The molecule has 0 heterocycles. The maximum absolute atomic E-state index is 12.2. The number of hydrogen-bond donors (Lipinski definition) is 0. The third kappa shape index (κ3) is 3.16. The van der Waals surface area contributed by atoms with Gasteiger partial charge < -0.3 is 0 Å². The van der Waals surface area contributed by atoms with Crippen LogP contribution in [0.2, 0.25) is 0 Å². The second-order valence-electron chi connectivity index (χ2n) is 2.96. The van der Waals surface area contributed by atoms with Crippen LogP contribution in [-0.2, 0) is 0 Å². The first kappa shape index (κ1) is 14.4. The van der Waals surface area contributed by atoms with Gasteiger partial charge in [-0.2, -0.15) is 39.5 Å². The van der Waals surface area contributed by atoms with E-state index in [-0.39, 0.29) is 0 Å². The quantitative estimate of drug-likeness (QED) is 0.665. The molecule has 0 aliphatic heterocycles. The van der Waals surface area contributed by atoms with Crippen molar-refractivity contribution in [2.24, 2.45) is 0 Å². The van der Waals surface area contributed by atoms with Gasteiger partial charge in [0.15, 0.2) is 0 Å². The number of hydrogen-bond acceptors (Lipinski definition) is 0. The van der Waals surface area contributed by atoms with Crippen LogP contribution in [0.3, 0.4) is 0 Å². The van der Waals surface area contributed by atoms with Crippen LogP contribution >= 0.6 is 0 Å². The Hall–Kier alpha value is -0.630. The van der Waals surface area contributed by atoms with E-state index in [1.54, 1.807) is 0 Å². The van der Waals surface area contributed by atoms with Crippen LogP contribution in [0, 0.1) is 0 Å². The number of alkyl halides is 9. The smallest absolute Gasteiger partial charge is 0.200 e. The van der Waals surface area contributed by atoms with Gasteiger partial charge in [0, 0.05) is 6.92 Å². The minimum Gasteiger partial charge on any atom is -0.200 e. The molecule has 0 aliphatic carbocycles. The first-order valence-electron chi connectivity index (χ1n) is 3.41. The SMILES string of the molecule is CC(F)(F)C(F)(F)C(F)(F)CC(F)(F)F. The summed E-state index contributed by atoms with van der Waals surface area (Å²) in [5.74, 6) is -17.1. The fourth-order valence-electron chi connectivity index (χ4n) is 0.684. The van der Waals surface area contributed by atoms with E-state index >= 15 is 0 Å². The van der Waals surface area contributed by atoms with Crippen LogP contribution in [-0.4, -0.2) is 23.9 Å². The lowest BCUT2D eigenvalue weighted by Crippen LogP contribution is -2.54. The first-order chi connectivity index (χ1) is 6.21. The molecule has 0 N–H and O–H groups in total. The Morgan fingerprint density at radius 1 is 0.733 bits per heavy atom. The van der Waals surface area contributed by atoms with Crippen LogP contribution in [0.1, 0.15) is 13.3 Å². The molecule has 0 amide bonds. The molecule has 0 spiro atoms. The van der Waals surface area contributed by atoms with Gasteiger partial charge in [-0.15, -0.1) is 0 Å². The highest BCUT2D eigenvalue weighted by atomic mass is 19.4. The summed E-state index contributed by atoms with van der Waals surface area (Å²) in [6.07, 6.45) is -8.95. The summed E-state index contributed by atoms with van der Waals surface area (Å²) < 4.78 is 107. The van der Waals surface area contributed by atoms with Crippen LogP contribution in [0.4, 0.5) is 39.5 Å². The maximum atomic E-state index is 12.2. The van der Waals surface area contributed by atoms with Crippen LogP contribution < -0.4 is 0 Å². The fourth-order valence-corrected chi connectivity index (χ4v) is 0.684. The monoisotopic (exact) mass is 248 g/mol. The van der Waals surface area contributed by atoms with Gasteiger partial charge in [-0.05, 0) is 0 Å². The van der Waals surface area contributed by atoms with Crippen molar-refractivity contribution < 1.29 is 39.5 Å². The highest BCUT2D eigenvalue weighted by molar-refractivity contribution is 4.94. The normalized spacial score (nSPS) is 15.6. The Bertz CT molecular complexity index is 220. The molecule has 0 bridgehead atoms. The summed E-state index contributed by atoms with van der Waals surface area (Å²) in [5.41, 5.74) is 0. The Morgan fingerprint density at radius 3 is 1.27 bits per heavy atom. The predicted molar refractivity (Wildman–Crippen MR) is 31.2 cm³/mol. The molecule has 0 aromatic carbocycles.